The molecule has 0 radical (unpaired) electrons. The Bertz CT molecular complexity index is 1500. The first kappa shape index (κ1) is 20.1. The van der Waals surface area contributed by atoms with E-state index in [2.05, 4.69) is 110 Å². The third kappa shape index (κ3) is 2.34. The highest BCUT2D eigenvalue weighted by molar-refractivity contribution is 5.96. The Morgan fingerprint density at radius 2 is 1.29 bits per heavy atom. The van der Waals surface area contributed by atoms with Gasteiger partial charge < -0.3 is 4.90 Å². The van der Waals surface area contributed by atoms with E-state index < -0.39 is 0 Å². The average molecular weight is 443 g/mol. The van der Waals surface area contributed by atoms with Crippen LogP contribution in [-0.4, -0.2) is 25.2 Å². The number of benzene rings is 4. The molecule has 168 valence electrons. The molecule has 34 heavy (non-hydrogen) atoms. The van der Waals surface area contributed by atoms with Crippen molar-refractivity contribution in [3.63, 3.8) is 0 Å². The number of hydrogen-bond donors (Lipinski definition) is 0. The van der Waals surface area contributed by atoms with Gasteiger partial charge in [0.25, 0.3) is 0 Å². The molecule has 0 fully saturated rings. The van der Waals surface area contributed by atoms with Crippen molar-refractivity contribution in [2.45, 2.75) is 32.7 Å². The normalized spacial score (nSPS) is 19.6. The van der Waals surface area contributed by atoms with Crippen molar-refractivity contribution in [1.82, 2.24) is 4.90 Å². The zero-order chi connectivity index (χ0) is 23.2. The monoisotopic (exact) mass is 442 g/mol. The van der Waals surface area contributed by atoms with Gasteiger partial charge in [-0.3, -0.25) is 4.90 Å². The molecule has 1 heterocycles. The summed E-state index contributed by atoms with van der Waals surface area (Å²) in [7, 11) is 2.23. The fourth-order valence-electron chi connectivity index (χ4n) is 6.88. The maximum atomic E-state index is 2.54. The predicted octanol–water partition coefficient (Wildman–Crippen LogP) is 6.88. The van der Waals surface area contributed by atoms with Gasteiger partial charge in [-0.2, -0.15) is 0 Å². The second-order valence-corrected chi connectivity index (χ2v) is 10.4. The summed E-state index contributed by atoms with van der Waals surface area (Å²) in [6.07, 6.45) is 0. The van der Waals surface area contributed by atoms with Crippen molar-refractivity contribution in [3.8, 4) is 22.3 Å². The smallest absolute Gasteiger partial charge is 0.0726 e. The summed E-state index contributed by atoms with van der Waals surface area (Å²) in [5.74, 6) is 0. The number of fused-ring (bicyclic) bond motifs is 11. The summed E-state index contributed by atoms with van der Waals surface area (Å²) in [6, 6.07) is 28.2. The lowest BCUT2D eigenvalue weighted by atomic mass is 9.70. The molecule has 3 aliphatic rings. The molecule has 7 rings (SSSR count). The van der Waals surface area contributed by atoms with Crippen LogP contribution in [0.25, 0.3) is 22.3 Å². The number of aryl methyl sites for hydroxylation is 2. The topological polar surface area (TPSA) is 6.48 Å². The number of anilines is 1. The molecule has 0 bridgehead atoms. The molecule has 1 atom stereocenters. The lowest BCUT2D eigenvalue weighted by Crippen LogP contribution is -2.40. The van der Waals surface area contributed by atoms with Crippen LogP contribution in [0.15, 0.2) is 72.8 Å². The summed E-state index contributed by atoms with van der Waals surface area (Å²) in [5.41, 5.74) is 16.6. The summed E-state index contributed by atoms with van der Waals surface area (Å²) in [5, 5.41) is 0. The highest BCUT2D eigenvalue weighted by Gasteiger charge is 2.52. The Labute approximate surface area is 202 Å². The molecule has 1 unspecified atom stereocenters. The number of hydrogen-bond acceptors (Lipinski definition) is 2. The molecular weight excluding hydrogens is 412 g/mol. The molecule has 0 aromatic heterocycles. The zero-order valence-corrected chi connectivity index (χ0v) is 20.4. The van der Waals surface area contributed by atoms with E-state index in [-0.39, 0.29) is 5.41 Å². The van der Waals surface area contributed by atoms with Crippen molar-refractivity contribution in [2.24, 2.45) is 0 Å². The van der Waals surface area contributed by atoms with E-state index in [9.17, 15) is 0 Å². The number of nitrogens with zero attached hydrogens (tertiary/aromatic N) is 2. The van der Waals surface area contributed by atoms with Crippen LogP contribution in [0.3, 0.4) is 0 Å². The van der Waals surface area contributed by atoms with Crippen molar-refractivity contribution in [3.05, 3.63) is 112 Å². The minimum atomic E-state index is -0.256. The quantitative estimate of drug-likeness (QED) is 0.274. The lowest BCUT2D eigenvalue weighted by molar-refractivity contribution is 0.310. The molecule has 0 amide bonds. The molecule has 2 heteroatoms. The van der Waals surface area contributed by atoms with Crippen LogP contribution in [0.2, 0.25) is 0 Å². The molecule has 1 aliphatic heterocycles. The second kappa shape index (κ2) is 6.84. The largest absolute Gasteiger partial charge is 0.359 e. The summed E-state index contributed by atoms with van der Waals surface area (Å²) < 4.78 is 0. The third-order valence-corrected chi connectivity index (χ3v) is 8.48. The fourth-order valence-corrected chi connectivity index (χ4v) is 6.88. The summed E-state index contributed by atoms with van der Waals surface area (Å²) in [4.78, 5) is 4.94. The van der Waals surface area contributed by atoms with E-state index >= 15 is 0 Å². The summed E-state index contributed by atoms with van der Waals surface area (Å²) in [6.45, 7) is 9.77. The molecule has 4 aromatic rings. The van der Waals surface area contributed by atoms with Crippen LogP contribution in [0.5, 0.6) is 0 Å². The van der Waals surface area contributed by atoms with Gasteiger partial charge in [0.1, 0.15) is 0 Å². The zero-order valence-electron chi connectivity index (χ0n) is 20.4. The van der Waals surface area contributed by atoms with Gasteiger partial charge in [0.05, 0.1) is 12.1 Å². The van der Waals surface area contributed by atoms with Gasteiger partial charge in [-0.05, 0) is 101 Å². The van der Waals surface area contributed by atoms with Crippen molar-refractivity contribution >= 4 is 5.69 Å². The van der Waals surface area contributed by atoms with Gasteiger partial charge in [-0.25, -0.2) is 0 Å². The van der Waals surface area contributed by atoms with E-state index in [0.29, 0.717) is 0 Å². The van der Waals surface area contributed by atoms with Gasteiger partial charge in [0, 0.05) is 18.8 Å². The Hall–Kier alpha value is -3.36. The van der Waals surface area contributed by atoms with Crippen molar-refractivity contribution < 1.29 is 0 Å². The fraction of sp³-hybridized carbons (Fsp3) is 0.250. The maximum Gasteiger partial charge on any atom is 0.0726 e. The van der Waals surface area contributed by atoms with Crippen LogP contribution < -0.4 is 4.90 Å². The van der Waals surface area contributed by atoms with Gasteiger partial charge in [0.2, 0.25) is 0 Å². The Morgan fingerprint density at radius 1 is 0.706 bits per heavy atom. The van der Waals surface area contributed by atoms with Gasteiger partial charge in [-0.1, -0.05) is 60.7 Å². The van der Waals surface area contributed by atoms with Crippen LogP contribution in [-0.2, 0) is 12.0 Å². The Balaban J connectivity index is 1.64. The second-order valence-electron chi connectivity index (χ2n) is 10.4. The SMILES string of the molecule is CCN1CN(C)Cc2cc3c(cc21)C1(c2ccccc2-c2cc(C)c(C)cc21)c1ccccc1-3. The maximum absolute atomic E-state index is 2.54. The molecule has 0 saturated carbocycles. The van der Waals surface area contributed by atoms with E-state index in [1.54, 1.807) is 0 Å². The summed E-state index contributed by atoms with van der Waals surface area (Å²) >= 11 is 0. The Kier molecular flexibility index (Phi) is 4.03. The molecule has 0 saturated heterocycles. The molecule has 4 aromatic carbocycles. The van der Waals surface area contributed by atoms with E-state index in [0.717, 1.165) is 19.8 Å². The highest BCUT2D eigenvalue weighted by atomic mass is 15.3. The third-order valence-electron chi connectivity index (χ3n) is 8.48. The number of rotatable bonds is 1. The minimum absolute atomic E-state index is 0.256. The van der Waals surface area contributed by atoms with Crippen LogP contribution in [0.4, 0.5) is 5.69 Å². The van der Waals surface area contributed by atoms with Gasteiger partial charge >= 0.3 is 0 Å². The molecule has 1 spiro atoms. The van der Waals surface area contributed by atoms with Crippen molar-refractivity contribution in [1.29, 1.82) is 0 Å². The minimum Gasteiger partial charge on any atom is -0.359 e. The highest BCUT2D eigenvalue weighted by Crippen LogP contribution is 2.63. The van der Waals surface area contributed by atoms with E-state index in [1.165, 1.54) is 66.9 Å². The van der Waals surface area contributed by atoms with Crippen molar-refractivity contribution in [2.75, 3.05) is 25.2 Å². The average Bonchev–Trinajstić information content (AvgIpc) is 3.29. The molecular formula is C32H30N2. The standard InChI is InChI=1S/C32H30N2/c1-5-34-19-33(4)18-22-16-26-24-11-7-9-13-28(24)32(30(26)17-31(22)34)27-12-8-6-10-23(27)25-14-20(2)21(3)15-29(25)32/h6-17H,5,18-19H2,1-4H3. The van der Waals surface area contributed by atoms with E-state index in [1.807, 2.05) is 0 Å². The predicted molar refractivity (Wildman–Crippen MR) is 142 cm³/mol. The van der Waals surface area contributed by atoms with E-state index in [4.69, 9.17) is 0 Å². The lowest BCUT2D eigenvalue weighted by Gasteiger charge is -2.38. The molecule has 2 nitrogen and oxygen atoms in total. The van der Waals surface area contributed by atoms with Crippen LogP contribution in [0.1, 0.15) is 45.9 Å². The van der Waals surface area contributed by atoms with Gasteiger partial charge in [0.15, 0.2) is 0 Å². The molecule has 2 aliphatic carbocycles. The van der Waals surface area contributed by atoms with Crippen LogP contribution in [0, 0.1) is 13.8 Å². The first-order valence-corrected chi connectivity index (χ1v) is 12.5. The van der Waals surface area contributed by atoms with Gasteiger partial charge in [-0.15, -0.1) is 0 Å². The molecule has 0 N–H and O–H groups in total. The first-order chi connectivity index (χ1) is 16.5. The Morgan fingerprint density at radius 3 is 1.97 bits per heavy atom. The van der Waals surface area contributed by atoms with Crippen LogP contribution >= 0.6 is 0 Å². The first-order valence-electron chi connectivity index (χ1n) is 12.5.